The first-order valence-electron chi connectivity index (χ1n) is 7.73. The van der Waals surface area contributed by atoms with Crippen LogP contribution in [0, 0.1) is 13.8 Å². The zero-order chi connectivity index (χ0) is 16.9. The third-order valence-electron chi connectivity index (χ3n) is 3.80. The number of nitrogens with one attached hydrogen (secondary N) is 1. The molecule has 3 aromatic rings. The molecule has 6 heteroatoms. The van der Waals surface area contributed by atoms with Crippen LogP contribution in [-0.4, -0.2) is 21.4 Å². The lowest BCUT2D eigenvalue weighted by Gasteiger charge is -2.17. The van der Waals surface area contributed by atoms with Gasteiger partial charge in [-0.25, -0.2) is 0 Å². The second kappa shape index (κ2) is 7.04. The number of carbonyl (C=O) groups is 1. The van der Waals surface area contributed by atoms with E-state index in [9.17, 15) is 4.79 Å². The largest absolute Gasteiger partial charge is 0.335 e. The number of rotatable bonds is 5. The summed E-state index contributed by atoms with van der Waals surface area (Å²) in [6, 6.07) is 15.7. The smallest absolute Gasteiger partial charge is 0.232 e. The lowest BCUT2D eigenvalue weighted by Crippen LogP contribution is -2.24. The Morgan fingerprint density at radius 2 is 1.92 bits per heavy atom. The number of aryl methyl sites for hydroxylation is 2. The summed E-state index contributed by atoms with van der Waals surface area (Å²) in [5.41, 5.74) is 4.07. The van der Waals surface area contributed by atoms with Crippen LogP contribution in [0.4, 0.5) is 5.69 Å². The van der Waals surface area contributed by atoms with Gasteiger partial charge in [0.25, 0.3) is 0 Å². The van der Waals surface area contributed by atoms with E-state index in [1.807, 2.05) is 56.3 Å². The first kappa shape index (κ1) is 15.9. The Kier molecular flexibility index (Phi) is 4.65. The van der Waals surface area contributed by atoms with Crippen LogP contribution in [0.5, 0.6) is 0 Å². The fourth-order valence-electron chi connectivity index (χ4n) is 2.53. The average molecular weight is 320 g/mol. The standard InChI is InChI=1S/C18H19N5O/c1-12-6-8-15(9-7-12)19-18(24)16(17-20-22-23-21-17)11-14-5-3-4-13(2)10-14/h3-10,16H,11H2,1-2H3,(H2,19,20,21,22,23,24)/p-1/t16-/m0/s1. The number of amides is 1. The minimum atomic E-state index is -0.539. The van der Waals surface area contributed by atoms with Crippen LogP contribution in [0.25, 0.3) is 0 Å². The molecule has 0 saturated heterocycles. The highest BCUT2D eigenvalue weighted by Crippen LogP contribution is 2.20. The highest BCUT2D eigenvalue weighted by molar-refractivity contribution is 5.95. The molecule has 6 nitrogen and oxygen atoms in total. The molecule has 0 bridgehead atoms. The summed E-state index contributed by atoms with van der Waals surface area (Å²) in [5, 5.41) is 17.7. The van der Waals surface area contributed by atoms with Crippen molar-refractivity contribution in [1.82, 2.24) is 20.6 Å². The van der Waals surface area contributed by atoms with Crippen LogP contribution in [0.3, 0.4) is 0 Å². The third kappa shape index (κ3) is 3.84. The molecule has 0 aliphatic rings. The van der Waals surface area contributed by atoms with Gasteiger partial charge in [-0.1, -0.05) is 47.5 Å². The van der Waals surface area contributed by atoms with Crippen LogP contribution in [0.2, 0.25) is 0 Å². The predicted octanol–water partition coefficient (Wildman–Crippen LogP) is 2.41. The molecule has 0 unspecified atom stereocenters. The van der Waals surface area contributed by atoms with Crippen molar-refractivity contribution in [3.05, 3.63) is 71.0 Å². The summed E-state index contributed by atoms with van der Waals surface area (Å²) in [4.78, 5) is 12.7. The molecular formula is C18H18N5O-. The molecule has 1 atom stereocenters. The van der Waals surface area contributed by atoms with Crippen LogP contribution >= 0.6 is 0 Å². The average Bonchev–Trinajstić information content (AvgIpc) is 3.09. The number of nitrogens with zero attached hydrogens (tertiary/aromatic N) is 4. The van der Waals surface area contributed by atoms with E-state index < -0.39 is 5.92 Å². The van der Waals surface area contributed by atoms with Gasteiger partial charge in [-0.15, -0.1) is 0 Å². The Bertz CT molecular complexity index is 812. The molecule has 0 saturated carbocycles. The molecule has 0 radical (unpaired) electrons. The summed E-state index contributed by atoms with van der Waals surface area (Å²) in [5.74, 6) is -0.376. The van der Waals surface area contributed by atoms with Gasteiger partial charge >= 0.3 is 0 Å². The van der Waals surface area contributed by atoms with Crippen molar-refractivity contribution >= 4 is 11.6 Å². The van der Waals surface area contributed by atoms with E-state index in [0.717, 1.165) is 22.4 Å². The lowest BCUT2D eigenvalue weighted by atomic mass is 9.96. The Labute approximate surface area is 140 Å². The van der Waals surface area contributed by atoms with E-state index in [1.165, 1.54) is 0 Å². The van der Waals surface area contributed by atoms with Gasteiger partial charge in [-0.3, -0.25) is 15.1 Å². The SMILES string of the molecule is Cc1ccc(NC(=O)[C@@H](Cc2cccc(C)c2)c2nnn[n-]2)cc1. The van der Waals surface area contributed by atoms with E-state index in [0.29, 0.717) is 12.2 Å². The van der Waals surface area contributed by atoms with Crippen molar-refractivity contribution in [2.24, 2.45) is 0 Å². The Hall–Kier alpha value is -3.02. The van der Waals surface area contributed by atoms with Gasteiger partial charge in [-0.2, -0.15) is 5.21 Å². The summed E-state index contributed by atoms with van der Waals surface area (Å²) in [6.45, 7) is 4.02. The van der Waals surface area contributed by atoms with Gasteiger partial charge in [0.2, 0.25) is 5.91 Å². The molecule has 0 fully saturated rings. The molecule has 0 spiro atoms. The van der Waals surface area contributed by atoms with Gasteiger partial charge in [0, 0.05) is 11.5 Å². The van der Waals surface area contributed by atoms with Crippen molar-refractivity contribution in [3.8, 4) is 0 Å². The minimum Gasteiger partial charge on any atom is -0.335 e. The molecular weight excluding hydrogens is 302 g/mol. The zero-order valence-corrected chi connectivity index (χ0v) is 13.6. The summed E-state index contributed by atoms with van der Waals surface area (Å²) in [6.07, 6.45) is 0.493. The predicted molar refractivity (Wildman–Crippen MR) is 90.6 cm³/mol. The minimum absolute atomic E-state index is 0.171. The lowest BCUT2D eigenvalue weighted by molar-refractivity contribution is -0.117. The van der Waals surface area contributed by atoms with Crippen LogP contribution in [-0.2, 0) is 11.2 Å². The first-order valence-corrected chi connectivity index (χ1v) is 7.73. The van der Waals surface area contributed by atoms with Gasteiger partial charge in [0.15, 0.2) is 0 Å². The van der Waals surface area contributed by atoms with Crippen molar-refractivity contribution in [1.29, 1.82) is 0 Å². The normalized spacial score (nSPS) is 11.9. The van der Waals surface area contributed by atoms with Gasteiger partial charge in [0.1, 0.15) is 0 Å². The highest BCUT2D eigenvalue weighted by atomic mass is 16.1. The van der Waals surface area contributed by atoms with Gasteiger partial charge in [0.05, 0.1) is 5.92 Å². The second-order valence-corrected chi connectivity index (χ2v) is 5.84. The number of aromatic nitrogens is 4. The Morgan fingerprint density at radius 1 is 1.12 bits per heavy atom. The fraction of sp³-hybridized carbons (Fsp3) is 0.222. The second-order valence-electron chi connectivity index (χ2n) is 5.84. The molecule has 1 amide bonds. The van der Waals surface area contributed by atoms with Crippen molar-refractivity contribution in [2.45, 2.75) is 26.2 Å². The van der Waals surface area contributed by atoms with E-state index in [1.54, 1.807) is 0 Å². The molecule has 24 heavy (non-hydrogen) atoms. The summed E-state index contributed by atoms with van der Waals surface area (Å²) < 4.78 is 0. The van der Waals surface area contributed by atoms with E-state index >= 15 is 0 Å². The van der Waals surface area contributed by atoms with Crippen LogP contribution < -0.4 is 10.4 Å². The van der Waals surface area contributed by atoms with E-state index in [-0.39, 0.29) is 5.91 Å². The Morgan fingerprint density at radius 3 is 2.58 bits per heavy atom. The number of hydrogen-bond donors (Lipinski definition) is 1. The monoisotopic (exact) mass is 320 g/mol. The first-order chi connectivity index (χ1) is 11.6. The summed E-state index contributed by atoms with van der Waals surface area (Å²) in [7, 11) is 0. The maximum absolute atomic E-state index is 12.7. The molecule has 3 rings (SSSR count). The molecule has 1 aromatic heterocycles. The maximum atomic E-state index is 12.7. The maximum Gasteiger partial charge on any atom is 0.232 e. The summed E-state index contributed by atoms with van der Waals surface area (Å²) >= 11 is 0. The zero-order valence-electron chi connectivity index (χ0n) is 13.6. The topological polar surface area (TPSA) is 81.9 Å². The fourth-order valence-corrected chi connectivity index (χ4v) is 2.53. The van der Waals surface area contributed by atoms with Crippen molar-refractivity contribution in [3.63, 3.8) is 0 Å². The number of hydrogen-bond acceptors (Lipinski definition) is 4. The van der Waals surface area contributed by atoms with Crippen LogP contribution in [0.1, 0.15) is 28.4 Å². The Balaban J connectivity index is 1.82. The number of benzene rings is 2. The van der Waals surface area contributed by atoms with E-state index in [4.69, 9.17) is 0 Å². The molecule has 122 valence electrons. The molecule has 1 heterocycles. The van der Waals surface area contributed by atoms with E-state index in [2.05, 4.69) is 32.0 Å². The quantitative estimate of drug-likeness (QED) is 0.780. The van der Waals surface area contributed by atoms with Crippen LogP contribution in [0.15, 0.2) is 48.5 Å². The van der Waals surface area contributed by atoms with Gasteiger partial charge in [-0.05, 0) is 38.0 Å². The number of carbonyl (C=O) groups excluding carboxylic acids is 1. The number of anilines is 1. The molecule has 1 N–H and O–H groups in total. The molecule has 0 aliphatic carbocycles. The molecule has 2 aromatic carbocycles. The van der Waals surface area contributed by atoms with Gasteiger partial charge < -0.3 is 10.4 Å². The highest BCUT2D eigenvalue weighted by Gasteiger charge is 2.21. The van der Waals surface area contributed by atoms with Crippen molar-refractivity contribution in [2.75, 3.05) is 5.32 Å². The number of tetrazole rings is 1. The van der Waals surface area contributed by atoms with Crippen molar-refractivity contribution < 1.29 is 4.79 Å². The third-order valence-corrected chi connectivity index (χ3v) is 3.80. The molecule has 0 aliphatic heterocycles.